The average Bonchev–Trinajstić information content (AvgIpc) is 3.08. The molecule has 0 aromatic heterocycles. The lowest BCUT2D eigenvalue weighted by Gasteiger charge is -2.25. The molecule has 3 atom stereocenters. The van der Waals surface area contributed by atoms with Gasteiger partial charge in [0.2, 0.25) is 18.0 Å². The van der Waals surface area contributed by atoms with Gasteiger partial charge < -0.3 is 20.6 Å². The molecule has 0 bridgehead atoms. The van der Waals surface area contributed by atoms with E-state index >= 15 is 0 Å². The normalized spacial score (nSPS) is 16.2. The van der Waals surface area contributed by atoms with Gasteiger partial charge in [0.15, 0.2) is 5.78 Å². The lowest BCUT2D eigenvalue weighted by molar-refractivity contribution is -0.135. The molecule has 9 nitrogen and oxygen atoms in total. The Morgan fingerprint density at radius 2 is 1.49 bits per heavy atom. The van der Waals surface area contributed by atoms with Crippen LogP contribution < -0.4 is 15.5 Å². The van der Waals surface area contributed by atoms with E-state index in [4.69, 9.17) is 4.99 Å². The van der Waals surface area contributed by atoms with Crippen LogP contribution in [0.15, 0.2) is 89.9 Å². The summed E-state index contributed by atoms with van der Waals surface area (Å²) in [5.41, 5.74) is 2.75. The Kier molecular flexibility index (Phi) is 9.41. The fraction of sp³-hybridized carbons (Fsp3) is 0.281. The SMILES string of the molecule is CC(C)CC(O)C(=O)N[C@@H](C)C(=O)NC1N=C(c2ccccc2)c2ccccc2N(CC(=O)c2ccccc2)C1=O. The van der Waals surface area contributed by atoms with Crippen LogP contribution in [0.4, 0.5) is 5.69 Å². The van der Waals surface area contributed by atoms with Gasteiger partial charge in [-0.3, -0.25) is 19.2 Å². The third-order valence-corrected chi connectivity index (χ3v) is 6.68. The number of hydrogen-bond donors (Lipinski definition) is 3. The number of carbonyl (C=O) groups is 4. The summed E-state index contributed by atoms with van der Waals surface area (Å²) >= 11 is 0. The van der Waals surface area contributed by atoms with Crippen molar-refractivity contribution in [1.82, 2.24) is 10.6 Å². The highest BCUT2D eigenvalue weighted by Crippen LogP contribution is 2.28. The minimum atomic E-state index is -1.38. The minimum absolute atomic E-state index is 0.0837. The fourth-order valence-electron chi connectivity index (χ4n) is 4.56. The number of benzodiazepines with no additional fused rings is 1. The lowest BCUT2D eigenvalue weighted by atomic mass is 10.00. The molecule has 0 radical (unpaired) electrons. The van der Waals surface area contributed by atoms with E-state index in [9.17, 15) is 24.3 Å². The Bertz CT molecular complexity index is 1440. The van der Waals surface area contributed by atoms with E-state index < -0.39 is 36.0 Å². The van der Waals surface area contributed by atoms with Crippen LogP contribution >= 0.6 is 0 Å². The number of rotatable bonds is 10. The van der Waals surface area contributed by atoms with Gasteiger partial charge in [0.25, 0.3) is 5.91 Å². The number of anilines is 1. The number of amides is 3. The molecule has 0 saturated carbocycles. The first kappa shape index (κ1) is 29.4. The molecule has 41 heavy (non-hydrogen) atoms. The largest absolute Gasteiger partial charge is 0.383 e. The Hall–Kier alpha value is -4.63. The zero-order chi connectivity index (χ0) is 29.5. The number of aliphatic hydroxyl groups is 1. The first-order chi connectivity index (χ1) is 19.7. The van der Waals surface area contributed by atoms with Gasteiger partial charge in [0.1, 0.15) is 12.1 Å². The van der Waals surface area contributed by atoms with E-state index in [1.165, 1.54) is 11.8 Å². The first-order valence-corrected chi connectivity index (χ1v) is 13.6. The highest BCUT2D eigenvalue weighted by atomic mass is 16.3. The highest BCUT2D eigenvalue weighted by Gasteiger charge is 2.35. The standard InChI is InChI=1S/C32H34N4O5/c1-20(2)18-26(37)31(40)33-21(3)30(39)35-29-32(41)36(19-27(38)22-12-6-4-7-13-22)25-17-11-10-16-24(25)28(34-29)23-14-8-5-9-15-23/h4-17,20-21,26,29,37H,18-19H2,1-3H3,(H,33,40)(H,35,39)/t21-,26?,29?/m0/s1. The summed E-state index contributed by atoms with van der Waals surface area (Å²) in [6.45, 7) is 4.94. The number of para-hydroxylation sites is 1. The zero-order valence-corrected chi connectivity index (χ0v) is 23.3. The van der Waals surface area contributed by atoms with E-state index in [2.05, 4.69) is 10.6 Å². The third-order valence-electron chi connectivity index (χ3n) is 6.68. The monoisotopic (exact) mass is 554 g/mol. The number of ketones is 1. The van der Waals surface area contributed by atoms with Gasteiger partial charge in [-0.05, 0) is 25.3 Å². The smallest absolute Gasteiger partial charge is 0.272 e. The Morgan fingerprint density at radius 3 is 2.15 bits per heavy atom. The second-order valence-electron chi connectivity index (χ2n) is 10.4. The molecule has 0 aliphatic carbocycles. The molecule has 3 aromatic carbocycles. The molecule has 4 rings (SSSR count). The molecular formula is C32H34N4O5. The number of aliphatic imine (C=N–C) groups is 1. The van der Waals surface area contributed by atoms with Crippen molar-refractivity contribution in [1.29, 1.82) is 0 Å². The van der Waals surface area contributed by atoms with E-state index in [-0.39, 0.29) is 24.7 Å². The molecular weight excluding hydrogens is 520 g/mol. The fourth-order valence-corrected chi connectivity index (χ4v) is 4.56. The van der Waals surface area contributed by atoms with Gasteiger partial charge >= 0.3 is 0 Å². The Balaban J connectivity index is 1.68. The average molecular weight is 555 g/mol. The summed E-state index contributed by atoms with van der Waals surface area (Å²) in [5.74, 6) is -2.13. The van der Waals surface area contributed by atoms with Gasteiger partial charge in [-0.1, -0.05) is 92.7 Å². The van der Waals surface area contributed by atoms with Crippen molar-refractivity contribution >= 4 is 34.9 Å². The predicted molar refractivity (Wildman–Crippen MR) is 157 cm³/mol. The molecule has 212 valence electrons. The van der Waals surface area contributed by atoms with Crippen molar-refractivity contribution in [2.45, 2.75) is 45.5 Å². The molecule has 1 aliphatic rings. The molecule has 0 saturated heterocycles. The van der Waals surface area contributed by atoms with Crippen LogP contribution in [0.1, 0.15) is 48.7 Å². The van der Waals surface area contributed by atoms with Crippen LogP contribution in [0.3, 0.4) is 0 Å². The van der Waals surface area contributed by atoms with Crippen molar-refractivity contribution in [3.8, 4) is 0 Å². The molecule has 3 aromatic rings. The second-order valence-corrected chi connectivity index (χ2v) is 10.4. The van der Waals surface area contributed by atoms with Gasteiger partial charge in [-0.2, -0.15) is 0 Å². The first-order valence-electron chi connectivity index (χ1n) is 13.6. The van der Waals surface area contributed by atoms with Crippen molar-refractivity contribution in [3.05, 3.63) is 102 Å². The zero-order valence-electron chi connectivity index (χ0n) is 23.3. The lowest BCUT2D eigenvalue weighted by Crippen LogP contribution is -2.54. The minimum Gasteiger partial charge on any atom is -0.383 e. The van der Waals surface area contributed by atoms with Crippen LogP contribution in [0.25, 0.3) is 0 Å². The number of benzene rings is 3. The number of fused-ring (bicyclic) bond motifs is 1. The van der Waals surface area contributed by atoms with E-state index in [0.29, 0.717) is 22.5 Å². The van der Waals surface area contributed by atoms with Crippen LogP contribution in [0.2, 0.25) is 0 Å². The maximum Gasteiger partial charge on any atom is 0.272 e. The van der Waals surface area contributed by atoms with Gasteiger partial charge in [0.05, 0.1) is 17.9 Å². The number of nitrogens with zero attached hydrogens (tertiary/aromatic N) is 2. The topological polar surface area (TPSA) is 128 Å². The van der Waals surface area contributed by atoms with Gasteiger partial charge in [-0.25, -0.2) is 4.99 Å². The summed E-state index contributed by atoms with van der Waals surface area (Å²) in [5, 5.41) is 15.3. The molecule has 1 heterocycles. The number of Topliss-reactive ketones (excluding diaryl/α,β-unsaturated/α-hetero) is 1. The molecule has 9 heteroatoms. The second kappa shape index (κ2) is 13.1. The summed E-state index contributed by atoms with van der Waals surface area (Å²) < 4.78 is 0. The van der Waals surface area contributed by atoms with Gasteiger partial charge in [-0.15, -0.1) is 0 Å². The molecule has 0 spiro atoms. The predicted octanol–water partition coefficient (Wildman–Crippen LogP) is 3.11. The Morgan fingerprint density at radius 1 is 0.878 bits per heavy atom. The van der Waals surface area contributed by atoms with E-state index in [1.807, 2.05) is 56.3 Å². The quantitative estimate of drug-likeness (QED) is 0.332. The van der Waals surface area contributed by atoms with Crippen molar-refractivity contribution < 1.29 is 24.3 Å². The van der Waals surface area contributed by atoms with E-state index in [1.54, 1.807) is 42.5 Å². The molecule has 1 aliphatic heterocycles. The van der Waals surface area contributed by atoms with Crippen LogP contribution in [0, 0.1) is 5.92 Å². The summed E-state index contributed by atoms with van der Waals surface area (Å²) in [4.78, 5) is 58.9. The number of carbonyl (C=O) groups excluding carboxylic acids is 4. The summed E-state index contributed by atoms with van der Waals surface area (Å²) in [6.07, 6.45) is -2.40. The number of aliphatic hydroxyl groups excluding tert-OH is 1. The van der Waals surface area contributed by atoms with Crippen LogP contribution in [0.5, 0.6) is 0 Å². The maximum absolute atomic E-state index is 14.0. The Labute approximate surface area is 239 Å². The summed E-state index contributed by atoms with van der Waals surface area (Å²) in [6, 6.07) is 24.0. The number of hydrogen-bond acceptors (Lipinski definition) is 6. The van der Waals surface area contributed by atoms with Gasteiger partial charge in [0, 0.05) is 16.7 Å². The summed E-state index contributed by atoms with van der Waals surface area (Å²) in [7, 11) is 0. The highest BCUT2D eigenvalue weighted by molar-refractivity contribution is 6.21. The van der Waals surface area contributed by atoms with Crippen LogP contribution in [-0.4, -0.2) is 59.2 Å². The molecule has 2 unspecified atom stereocenters. The van der Waals surface area contributed by atoms with Crippen molar-refractivity contribution in [2.75, 3.05) is 11.4 Å². The van der Waals surface area contributed by atoms with E-state index in [0.717, 1.165) is 5.56 Å². The molecule has 3 N–H and O–H groups in total. The molecule has 3 amide bonds. The maximum atomic E-state index is 14.0. The van der Waals surface area contributed by atoms with Crippen LogP contribution in [-0.2, 0) is 14.4 Å². The third kappa shape index (κ3) is 7.12. The number of nitrogens with one attached hydrogen (secondary N) is 2. The molecule has 0 fully saturated rings. The van der Waals surface area contributed by atoms with Crippen molar-refractivity contribution in [3.63, 3.8) is 0 Å². The van der Waals surface area contributed by atoms with Crippen molar-refractivity contribution in [2.24, 2.45) is 10.9 Å².